The molecule has 5 heteroatoms. The summed E-state index contributed by atoms with van der Waals surface area (Å²) in [7, 11) is 0. The number of carbonyl (C=O) groups is 2. The Hall–Kier alpha value is -1.78. The molecule has 104 valence electrons. The molecular weight excluding hydrogens is 252 g/mol. The van der Waals surface area contributed by atoms with Crippen LogP contribution < -0.4 is 5.32 Å². The highest BCUT2D eigenvalue weighted by atomic mass is 19.1. The third kappa shape index (κ3) is 3.59. The largest absolute Gasteiger partial charge is 0.345 e. The van der Waals surface area contributed by atoms with Crippen LogP contribution in [0.25, 0.3) is 0 Å². The molecule has 1 N–H and O–H groups in total. The van der Waals surface area contributed by atoms with E-state index in [2.05, 4.69) is 5.32 Å². The molecule has 0 spiro atoms. The third-order valence-corrected chi connectivity index (χ3v) is 2.76. The zero-order valence-corrected chi connectivity index (χ0v) is 11.4. The Morgan fingerprint density at radius 3 is 2.32 bits per heavy atom. The Labute approximate surface area is 111 Å². The molecule has 3 nitrogen and oxygen atoms in total. The van der Waals surface area contributed by atoms with Crippen LogP contribution in [0.1, 0.15) is 36.7 Å². The lowest BCUT2D eigenvalue weighted by atomic mass is 9.91. The van der Waals surface area contributed by atoms with E-state index in [9.17, 15) is 18.4 Å². The number of aryl methyl sites for hydroxylation is 1. The van der Waals surface area contributed by atoms with Crippen molar-refractivity contribution in [2.24, 2.45) is 5.41 Å². The van der Waals surface area contributed by atoms with E-state index < -0.39 is 28.5 Å². The average Bonchev–Trinajstić information content (AvgIpc) is 2.30. The number of rotatable bonds is 3. The second-order valence-corrected chi connectivity index (χ2v) is 5.41. The molecule has 19 heavy (non-hydrogen) atoms. The van der Waals surface area contributed by atoms with Gasteiger partial charge in [0.15, 0.2) is 5.78 Å². The standard InChI is InChI=1S/C14H17F2NO2/c1-8-5-6-9(15)11(12(8)16)13(19)17-7-10(18)14(2,3)4/h5-6H,7H2,1-4H3,(H,17,19). The molecule has 0 atom stereocenters. The van der Waals surface area contributed by atoms with E-state index in [1.165, 1.54) is 13.0 Å². The first-order valence-corrected chi connectivity index (χ1v) is 5.90. The van der Waals surface area contributed by atoms with Gasteiger partial charge < -0.3 is 5.32 Å². The van der Waals surface area contributed by atoms with E-state index in [-0.39, 0.29) is 17.9 Å². The van der Waals surface area contributed by atoms with Gasteiger partial charge in [-0.2, -0.15) is 0 Å². The molecule has 0 aromatic heterocycles. The second kappa shape index (κ2) is 5.47. The number of hydrogen-bond acceptors (Lipinski definition) is 2. The first-order valence-electron chi connectivity index (χ1n) is 5.90. The summed E-state index contributed by atoms with van der Waals surface area (Å²) in [6.45, 7) is 6.29. The van der Waals surface area contributed by atoms with Crippen LogP contribution >= 0.6 is 0 Å². The van der Waals surface area contributed by atoms with Crippen molar-refractivity contribution in [3.05, 3.63) is 34.9 Å². The summed E-state index contributed by atoms with van der Waals surface area (Å²) in [6, 6.07) is 2.28. The van der Waals surface area contributed by atoms with Crippen LogP contribution in [0.2, 0.25) is 0 Å². The van der Waals surface area contributed by atoms with Crippen molar-refractivity contribution in [2.45, 2.75) is 27.7 Å². The summed E-state index contributed by atoms with van der Waals surface area (Å²) in [5.41, 5.74) is -1.09. The maximum atomic E-state index is 13.7. The number of hydrogen-bond donors (Lipinski definition) is 1. The van der Waals surface area contributed by atoms with Gasteiger partial charge in [-0.05, 0) is 18.6 Å². The van der Waals surface area contributed by atoms with Crippen molar-refractivity contribution in [1.82, 2.24) is 5.32 Å². The molecule has 0 aliphatic carbocycles. The van der Waals surface area contributed by atoms with E-state index in [1.807, 2.05) is 0 Å². The molecule has 0 aliphatic rings. The van der Waals surface area contributed by atoms with Gasteiger partial charge in [-0.15, -0.1) is 0 Å². The highest BCUT2D eigenvalue weighted by Crippen LogP contribution is 2.17. The molecule has 0 bridgehead atoms. The van der Waals surface area contributed by atoms with Crippen molar-refractivity contribution in [3.8, 4) is 0 Å². The lowest BCUT2D eigenvalue weighted by molar-refractivity contribution is -0.125. The fraction of sp³-hybridized carbons (Fsp3) is 0.429. The SMILES string of the molecule is Cc1ccc(F)c(C(=O)NCC(=O)C(C)(C)C)c1F. The zero-order valence-electron chi connectivity index (χ0n) is 11.4. The number of halogens is 2. The van der Waals surface area contributed by atoms with Crippen molar-refractivity contribution in [3.63, 3.8) is 0 Å². The fourth-order valence-electron chi connectivity index (χ4n) is 1.38. The summed E-state index contributed by atoms with van der Waals surface area (Å²) in [6.07, 6.45) is 0. The van der Waals surface area contributed by atoms with Gasteiger partial charge in [0.25, 0.3) is 5.91 Å². The van der Waals surface area contributed by atoms with Gasteiger partial charge in [-0.25, -0.2) is 8.78 Å². The average molecular weight is 269 g/mol. The molecule has 0 unspecified atom stereocenters. The van der Waals surface area contributed by atoms with Crippen molar-refractivity contribution >= 4 is 11.7 Å². The number of benzene rings is 1. The summed E-state index contributed by atoms with van der Waals surface area (Å²) in [5.74, 6) is -2.98. The second-order valence-electron chi connectivity index (χ2n) is 5.41. The molecule has 1 amide bonds. The van der Waals surface area contributed by atoms with Gasteiger partial charge >= 0.3 is 0 Å². The highest BCUT2D eigenvalue weighted by molar-refractivity contribution is 5.98. The summed E-state index contributed by atoms with van der Waals surface area (Å²) >= 11 is 0. The number of amides is 1. The minimum absolute atomic E-state index is 0.175. The Balaban J connectivity index is 2.86. The molecule has 0 fully saturated rings. The van der Waals surface area contributed by atoms with Gasteiger partial charge in [-0.3, -0.25) is 9.59 Å². The molecule has 1 aromatic rings. The predicted molar refractivity (Wildman–Crippen MR) is 67.9 cm³/mol. The van der Waals surface area contributed by atoms with E-state index in [1.54, 1.807) is 20.8 Å². The zero-order chi connectivity index (χ0) is 14.8. The van der Waals surface area contributed by atoms with Gasteiger partial charge in [0.2, 0.25) is 0 Å². The van der Waals surface area contributed by atoms with Crippen LogP contribution in [0.4, 0.5) is 8.78 Å². The number of nitrogens with one attached hydrogen (secondary N) is 1. The lowest BCUT2D eigenvalue weighted by Gasteiger charge is -2.17. The van der Waals surface area contributed by atoms with Crippen molar-refractivity contribution in [1.29, 1.82) is 0 Å². The molecule has 1 rings (SSSR count). The van der Waals surface area contributed by atoms with Crippen LogP contribution in [-0.2, 0) is 4.79 Å². The Morgan fingerprint density at radius 2 is 1.79 bits per heavy atom. The van der Waals surface area contributed by atoms with Crippen molar-refractivity contribution < 1.29 is 18.4 Å². The van der Waals surface area contributed by atoms with E-state index >= 15 is 0 Å². The fourth-order valence-corrected chi connectivity index (χ4v) is 1.38. The summed E-state index contributed by atoms with van der Waals surface area (Å²) in [5, 5.41) is 2.25. The number of Topliss-reactive ketones (excluding diaryl/α,β-unsaturated/α-hetero) is 1. The Morgan fingerprint density at radius 1 is 1.21 bits per heavy atom. The number of ketones is 1. The minimum atomic E-state index is -0.941. The minimum Gasteiger partial charge on any atom is -0.345 e. The van der Waals surface area contributed by atoms with E-state index in [4.69, 9.17) is 0 Å². The van der Waals surface area contributed by atoms with Crippen LogP contribution in [0.3, 0.4) is 0 Å². The van der Waals surface area contributed by atoms with E-state index in [0.717, 1.165) is 6.07 Å². The first kappa shape index (κ1) is 15.3. The third-order valence-electron chi connectivity index (χ3n) is 2.76. The van der Waals surface area contributed by atoms with Gasteiger partial charge in [-0.1, -0.05) is 26.8 Å². The maximum absolute atomic E-state index is 13.7. The van der Waals surface area contributed by atoms with Gasteiger partial charge in [0.05, 0.1) is 6.54 Å². The van der Waals surface area contributed by atoms with Crippen LogP contribution in [-0.4, -0.2) is 18.2 Å². The molecule has 0 saturated heterocycles. The predicted octanol–water partition coefficient (Wildman–Crippen LogP) is 2.62. The quantitative estimate of drug-likeness (QED) is 0.916. The monoisotopic (exact) mass is 269 g/mol. The molecule has 0 saturated carbocycles. The smallest absolute Gasteiger partial charge is 0.257 e. The Kier molecular flexibility index (Phi) is 4.39. The topological polar surface area (TPSA) is 46.2 Å². The molecule has 0 heterocycles. The maximum Gasteiger partial charge on any atom is 0.257 e. The van der Waals surface area contributed by atoms with Crippen LogP contribution in [0, 0.1) is 24.0 Å². The summed E-state index contributed by atoms with van der Waals surface area (Å²) in [4.78, 5) is 23.4. The lowest BCUT2D eigenvalue weighted by Crippen LogP contribution is -2.36. The van der Waals surface area contributed by atoms with Crippen LogP contribution in [0.15, 0.2) is 12.1 Å². The van der Waals surface area contributed by atoms with Gasteiger partial charge in [0.1, 0.15) is 17.2 Å². The molecular formula is C14H17F2NO2. The highest BCUT2D eigenvalue weighted by Gasteiger charge is 2.24. The molecule has 0 radical (unpaired) electrons. The Bertz CT molecular complexity index is 519. The van der Waals surface area contributed by atoms with Crippen LogP contribution in [0.5, 0.6) is 0 Å². The normalized spacial score (nSPS) is 11.3. The van der Waals surface area contributed by atoms with E-state index in [0.29, 0.717) is 0 Å². The van der Waals surface area contributed by atoms with Crippen molar-refractivity contribution in [2.75, 3.05) is 6.54 Å². The molecule has 1 aromatic carbocycles. The molecule has 0 aliphatic heterocycles. The summed E-state index contributed by atoms with van der Waals surface area (Å²) < 4.78 is 27.1. The van der Waals surface area contributed by atoms with Gasteiger partial charge in [0, 0.05) is 5.41 Å². The number of carbonyl (C=O) groups excluding carboxylic acids is 2. The first-order chi connectivity index (χ1) is 8.64.